The van der Waals surface area contributed by atoms with Crippen LogP contribution in [-0.4, -0.2) is 33.5 Å². The lowest BCUT2D eigenvalue weighted by Gasteiger charge is -2.16. The molecule has 1 atom stereocenters. The van der Waals surface area contributed by atoms with E-state index in [2.05, 4.69) is 10.0 Å². The molecule has 1 unspecified atom stereocenters. The van der Waals surface area contributed by atoms with Crippen LogP contribution < -0.4 is 14.8 Å². The molecule has 3 rings (SSSR count). The monoisotopic (exact) mass is 494 g/mol. The quantitative estimate of drug-likeness (QED) is 0.449. The van der Waals surface area contributed by atoms with Gasteiger partial charge in [-0.2, -0.15) is 0 Å². The minimum Gasteiger partial charge on any atom is -0.495 e. The molecule has 1 amide bonds. The van der Waals surface area contributed by atoms with Crippen molar-refractivity contribution < 1.29 is 27.5 Å². The van der Waals surface area contributed by atoms with E-state index in [1.165, 1.54) is 38.3 Å². The molecule has 8 nitrogen and oxygen atoms in total. The smallest absolute Gasteiger partial charge is 0.341 e. The number of thiophene rings is 1. The second-order valence-corrected chi connectivity index (χ2v) is 10.1. The van der Waals surface area contributed by atoms with Crippen LogP contribution >= 0.6 is 22.9 Å². The Morgan fingerprint density at radius 3 is 2.31 bits per heavy atom. The molecular formula is C21H19ClN2O6S2. The molecule has 0 saturated heterocycles. The molecule has 2 N–H and O–H groups in total. The van der Waals surface area contributed by atoms with Crippen molar-refractivity contribution in [1.82, 2.24) is 0 Å². The van der Waals surface area contributed by atoms with Gasteiger partial charge in [0, 0.05) is 0 Å². The van der Waals surface area contributed by atoms with E-state index < -0.39 is 28.0 Å². The van der Waals surface area contributed by atoms with Crippen molar-refractivity contribution in [2.75, 3.05) is 17.1 Å². The van der Waals surface area contributed by atoms with Crippen molar-refractivity contribution in [3.05, 3.63) is 70.6 Å². The summed E-state index contributed by atoms with van der Waals surface area (Å²) in [5, 5.41) is 2.63. The number of carbonyl (C=O) groups excluding carboxylic acids is 2. The van der Waals surface area contributed by atoms with E-state index in [-0.39, 0.29) is 15.5 Å². The van der Waals surface area contributed by atoms with Crippen LogP contribution in [0.5, 0.6) is 5.75 Å². The summed E-state index contributed by atoms with van der Waals surface area (Å²) in [6, 6.07) is 15.5. The third-order valence-electron chi connectivity index (χ3n) is 4.22. The number of ether oxygens (including phenoxy) is 2. The zero-order chi connectivity index (χ0) is 23.3. The summed E-state index contributed by atoms with van der Waals surface area (Å²) in [5.74, 6) is -0.989. The first-order valence-corrected chi connectivity index (χ1v) is 11.9. The predicted octanol–water partition coefficient (Wildman–Crippen LogP) is 4.39. The molecule has 0 radical (unpaired) electrons. The van der Waals surface area contributed by atoms with Crippen LogP contribution in [0.2, 0.25) is 4.34 Å². The van der Waals surface area contributed by atoms with Gasteiger partial charge in [-0.15, -0.1) is 11.3 Å². The fraction of sp³-hybridized carbons (Fsp3) is 0.143. The predicted molar refractivity (Wildman–Crippen MR) is 123 cm³/mol. The van der Waals surface area contributed by atoms with Gasteiger partial charge in [0.15, 0.2) is 6.10 Å². The highest BCUT2D eigenvalue weighted by molar-refractivity contribution is 7.94. The number of amides is 1. The lowest BCUT2D eigenvalue weighted by molar-refractivity contribution is -0.123. The maximum Gasteiger partial charge on any atom is 0.341 e. The molecule has 0 aliphatic rings. The zero-order valence-electron chi connectivity index (χ0n) is 17.0. The van der Waals surface area contributed by atoms with Gasteiger partial charge in [-0.25, -0.2) is 13.2 Å². The third-order valence-corrected chi connectivity index (χ3v) is 7.31. The summed E-state index contributed by atoms with van der Waals surface area (Å²) < 4.78 is 38.3. The number of nitrogens with one attached hydrogen (secondary N) is 2. The number of methoxy groups -OCH3 is 1. The number of carbonyl (C=O) groups is 2. The maximum atomic E-state index is 12.7. The van der Waals surface area contributed by atoms with Gasteiger partial charge in [0.1, 0.15) is 9.96 Å². The first kappa shape index (κ1) is 23.6. The molecule has 0 aliphatic carbocycles. The Labute approximate surface area is 194 Å². The van der Waals surface area contributed by atoms with Crippen molar-refractivity contribution in [2.24, 2.45) is 0 Å². The van der Waals surface area contributed by atoms with Gasteiger partial charge in [-0.3, -0.25) is 9.52 Å². The van der Waals surface area contributed by atoms with Crippen molar-refractivity contribution in [3.63, 3.8) is 0 Å². The summed E-state index contributed by atoms with van der Waals surface area (Å²) >= 11 is 6.70. The topological polar surface area (TPSA) is 111 Å². The summed E-state index contributed by atoms with van der Waals surface area (Å²) in [4.78, 5) is 25.2. The van der Waals surface area contributed by atoms with Crippen LogP contribution in [0, 0.1) is 0 Å². The molecule has 0 aliphatic heterocycles. The summed E-state index contributed by atoms with van der Waals surface area (Å²) in [7, 11) is -2.49. The van der Waals surface area contributed by atoms with Crippen molar-refractivity contribution in [3.8, 4) is 5.75 Å². The highest BCUT2D eigenvalue weighted by atomic mass is 35.5. The van der Waals surface area contributed by atoms with Crippen LogP contribution in [0.25, 0.3) is 0 Å². The van der Waals surface area contributed by atoms with E-state index in [1.807, 2.05) is 0 Å². The van der Waals surface area contributed by atoms with E-state index in [0.717, 1.165) is 11.3 Å². The first-order chi connectivity index (χ1) is 15.2. The number of benzene rings is 2. The second-order valence-electron chi connectivity index (χ2n) is 6.45. The first-order valence-electron chi connectivity index (χ1n) is 9.23. The van der Waals surface area contributed by atoms with E-state index in [1.54, 1.807) is 36.4 Å². The minimum absolute atomic E-state index is 0.00442. The molecule has 0 fully saturated rings. The van der Waals surface area contributed by atoms with Crippen LogP contribution in [-0.2, 0) is 19.6 Å². The molecule has 0 spiro atoms. The van der Waals surface area contributed by atoms with Crippen LogP contribution in [0.3, 0.4) is 0 Å². The van der Waals surface area contributed by atoms with Gasteiger partial charge in [0.25, 0.3) is 15.9 Å². The van der Waals surface area contributed by atoms with Gasteiger partial charge in [-0.05, 0) is 43.3 Å². The highest BCUT2D eigenvalue weighted by Crippen LogP contribution is 2.28. The summed E-state index contributed by atoms with van der Waals surface area (Å²) in [5.41, 5.74) is 0.390. The number of halogens is 1. The fourth-order valence-corrected chi connectivity index (χ4v) is 5.21. The van der Waals surface area contributed by atoms with Crippen molar-refractivity contribution in [1.29, 1.82) is 0 Å². The molecule has 0 saturated carbocycles. The van der Waals surface area contributed by atoms with E-state index in [4.69, 9.17) is 21.1 Å². The Balaban J connectivity index is 1.73. The van der Waals surface area contributed by atoms with Gasteiger partial charge >= 0.3 is 5.97 Å². The van der Waals surface area contributed by atoms with Gasteiger partial charge in [0.2, 0.25) is 0 Å². The molecule has 0 bridgehead atoms. The Morgan fingerprint density at radius 1 is 1.00 bits per heavy atom. The molecule has 3 aromatic rings. The molecule has 2 aromatic carbocycles. The standard InChI is InChI=1S/C21H19ClN2O6S2/c1-13(20(25)23-16-9-5-6-10-17(16)29-2)30-21(26)14-7-3-4-8-15(14)24-32(27,28)19-12-11-18(22)31-19/h3-13,24H,1-2H3,(H,23,25). The minimum atomic E-state index is -3.96. The van der Waals surface area contributed by atoms with Crippen LogP contribution in [0.4, 0.5) is 11.4 Å². The molecule has 11 heteroatoms. The number of anilines is 2. The Bertz CT molecular complexity index is 1240. The Kier molecular flexibility index (Phi) is 7.39. The van der Waals surface area contributed by atoms with E-state index in [0.29, 0.717) is 15.8 Å². The Morgan fingerprint density at radius 2 is 1.66 bits per heavy atom. The molecule has 168 valence electrons. The van der Waals surface area contributed by atoms with Gasteiger partial charge in [-0.1, -0.05) is 35.9 Å². The van der Waals surface area contributed by atoms with E-state index in [9.17, 15) is 18.0 Å². The number of rotatable bonds is 8. The second kappa shape index (κ2) is 10.0. The SMILES string of the molecule is COc1ccccc1NC(=O)C(C)OC(=O)c1ccccc1NS(=O)(=O)c1ccc(Cl)s1. The number of hydrogen-bond acceptors (Lipinski definition) is 7. The average molecular weight is 495 g/mol. The summed E-state index contributed by atoms with van der Waals surface area (Å²) in [6.45, 7) is 1.41. The fourth-order valence-electron chi connectivity index (χ4n) is 2.65. The lowest BCUT2D eigenvalue weighted by atomic mass is 10.2. The molecule has 1 heterocycles. The Hall–Kier alpha value is -3.08. The zero-order valence-corrected chi connectivity index (χ0v) is 19.4. The molecule has 1 aromatic heterocycles. The lowest BCUT2D eigenvalue weighted by Crippen LogP contribution is -2.30. The third kappa shape index (κ3) is 5.58. The van der Waals surface area contributed by atoms with E-state index >= 15 is 0 Å². The number of hydrogen-bond donors (Lipinski definition) is 2. The van der Waals surface area contributed by atoms with Gasteiger partial charge < -0.3 is 14.8 Å². The van der Waals surface area contributed by atoms with Crippen LogP contribution in [0.15, 0.2) is 64.9 Å². The van der Waals surface area contributed by atoms with Crippen molar-refractivity contribution >= 4 is 56.2 Å². The number of sulfonamides is 1. The largest absolute Gasteiger partial charge is 0.495 e. The molecule has 32 heavy (non-hydrogen) atoms. The molecular weight excluding hydrogens is 476 g/mol. The number of esters is 1. The summed E-state index contributed by atoms with van der Waals surface area (Å²) in [6.07, 6.45) is -1.16. The van der Waals surface area contributed by atoms with Crippen LogP contribution in [0.1, 0.15) is 17.3 Å². The number of para-hydroxylation sites is 3. The highest BCUT2D eigenvalue weighted by Gasteiger charge is 2.24. The maximum absolute atomic E-state index is 12.7. The van der Waals surface area contributed by atoms with Gasteiger partial charge in [0.05, 0.1) is 28.4 Å². The van der Waals surface area contributed by atoms with Crippen molar-refractivity contribution in [2.45, 2.75) is 17.2 Å². The average Bonchev–Trinajstić information content (AvgIpc) is 3.21. The normalized spacial score (nSPS) is 12.0.